The van der Waals surface area contributed by atoms with E-state index >= 15 is 0 Å². The van der Waals surface area contributed by atoms with Gasteiger partial charge in [0.05, 0.1) is 7.11 Å². The largest absolute Gasteiger partial charge is 0.496 e. The standard InChI is InChI=1S/C16H25NO/c1-3-11-17-14-8-6-7-13(12-14)15-9-4-5-10-16(15)18-2/h4-5,9-10,13-14,17H,3,6-8,11-12H2,1-2H3. The second-order valence-corrected chi connectivity index (χ2v) is 5.26. The van der Waals surface area contributed by atoms with Gasteiger partial charge in [0, 0.05) is 6.04 Å². The van der Waals surface area contributed by atoms with Gasteiger partial charge in [-0.3, -0.25) is 0 Å². The first kappa shape index (κ1) is 13.4. The Morgan fingerprint density at radius 1 is 1.28 bits per heavy atom. The topological polar surface area (TPSA) is 21.3 Å². The summed E-state index contributed by atoms with van der Waals surface area (Å²) in [5, 5.41) is 3.67. The third-order valence-corrected chi connectivity index (χ3v) is 3.94. The van der Waals surface area contributed by atoms with Crippen molar-refractivity contribution in [3.8, 4) is 5.75 Å². The molecule has 1 aliphatic carbocycles. The normalized spacial score (nSPS) is 23.9. The highest BCUT2D eigenvalue weighted by Gasteiger charge is 2.24. The molecule has 100 valence electrons. The molecule has 0 amide bonds. The molecule has 0 aliphatic heterocycles. The third kappa shape index (κ3) is 3.26. The monoisotopic (exact) mass is 247 g/mol. The number of benzene rings is 1. The zero-order valence-electron chi connectivity index (χ0n) is 11.6. The van der Waals surface area contributed by atoms with Crippen molar-refractivity contribution in [2.24, 2.45) is 0 Å². The molecule has 1 aromatic rings. The molecule has 2 atom stereocenters. The van der Waals surface area contributed by atoms with Gasteiger partial charge in [-0.05, 0) is 49.8 Å². The zero-order valence-corrected chi connectivity index (χ0v) is 11.6. The number of hydrogen-bond donors (Lipinski definition) is 1. The minimum atomic E-state index is 0.657. The minimum Gasteiger partial charge on any atom is -0.496 e. The van der Waals surface area contributed by atoms with Gasteiger partial charge in [-0.25, -0.2) is 0 Å². The Morgan fingerprint density at radius 3 is 2.89 bits per heavy atom. The van der Waals surface area contributed by atoms with Gasteiger partial charge in [0.2, 0.25) is 0 Å². The fourth-order valence-corrected chi connectivity index (χ4v) is 3.01. The van der Waals surface area contributed by atoms with Crippen LogP contribution in [0.1, 0.15) is 50.5 Å². The van der Waals surface area contributed by atoms with E-state index in [1.807, 2.05) is 0 Å². The number of para-hydroxylation sites is 1. The average molecular weight is 247 g/mol. The molecule has 0 radical (unpaired) electrons. The predicted octanol–water partition coefficient (Wildman–Crippen LogP) is 3.72. The van der Waals surface area contributed by atoms with Gasteiger partial charge in [0.1, 0.15) is 5.75 Å². The molecule has 1 aromatic carbocycles. The number of methoxy groups -OCH3 is 1. The van der Waals surface area contributed by atoms with Gasteiger partial charge in [0.25, 0.3) is 0 Å². The summed E-state index contributed by atoms with van der Waals surface area (Å²) in [6.07, 6.45) is 6.41. The quantitative estimate of drug-likeness (QED) is 0.856. The average Bonchev–Trinajstić information content (AvgIpc) is 2.45. The Kier molecular flexibility index (Phi) is 5.06. The van der Waals surface area contributed by atoms with Crippen molar-refractivity contribution < 1.29 is 4.74 Å². The maximum atomic E-state index is 5.49. The lowest BCUT2D eigenvalue weighted by Crippen LogP contribution is -2.34. The van der Waals surface area contributed by atoms with E-state index in [0.717, 1.165) is 12.3 Å². The molecule has 0 aromatic heterocycles. The molecule has 2 rings (SSSR count). The van der Waals surface area contributed by atoms with E-state index in [1.54, 1.807) is 7.11 Å². The maximum Gasteiger partial charge on any atom is 0.122 e. The van der Waals surface area contributed by atoms with Crippen LogP contribution in [0.5, 0.6) is 5.75 Å². The Hall–Kier alpha value is -1.02. The van der Waals surface area contributed by atoms with Crippen LogP contribution in [0.15, 0.2) is 24.3 Å². The van der Waals surface area contributed by atoms with Gasteiger partial charge in [-0.15, -0.1) is 0 Å². The Morgan fingerprint density at radius 2 is 2.11 bits per heavy atom. The lowest BCUT2D eigenvalue weighted by molar-refractivity contribution is 0.330. The molecule has 1 aliphatic rings. The molecule has 0 heterocycles. The highest BCUT2D eigenvalue weighted by Crippen LogP contribution is 2.37. The molecule has 2 unspecified atom stereocenters. The second-order valence-electron chi connectivity index (χ2n) is 5.26. The molecule has 2 nitrogen and oxygen atoms in total. The highest BCUT2D eigenvalue weighted by atomic mass is 16.5. The summed E-state index contributed by atoms with van der Waals surface area (Å²) in [6, 6.07) is 9.18. The summed E-state index contributed by atoms with van der Waals surface area (Å²) >= 11 is 0. The summed E-state index contributed by atoms with van der Waals surface area (Å²) < 4.78 is 5.49. The lowest BCUT2D eigenvalue weighted by atomic mass is 9.81. The first-order valence-electron chi connectivity index (χ1n) is 7.21. The van der Waals surface area contributed by atoms with Crippen molar-refractivity contribution >= 4 is 0 Å². The van der Waals surface area contributed by atoms with Crippen LogP contribution in [0, 0.1) is 0 Å². The maximum absolute atomic E-state index is 5.49. The van der Waals surface area contributed by atoms with E-state index in [9.17, 15) is 0 Å². The van der Waals surface area contributed by atoms with E-state index in [2.05, 4.69) is 36.5 Å². The van der Waals surface area contributed by atoms with Crippen LogP contribution >= 0.6 is 0 Å². The van der Waals surface area contributed by atoms with E-state index in [0.29, 0.717) is 12.0 Å². The molecule has 18 heavy (non-hydrogen) atoms. The molecule has 1 N–H and O–H groups in total. The zero-order chi connectivity index (χ0) is 12.8. The molecule has 0 spiro atoms. The molecule has 1 saturated carbocycles. The first-order valence-corrected chi connectivity index (χ1v) is 7.21. The summed E-state index contributed by atoms with van der Waals surface area (Å²) in [4.78, 5) is 0. The molecular formula is C16H25NO. The van der Waals surface area contributed by atoms with Crippen molar-refractivity contribution in [3.63, 3.8) is 0 Å². The smallest absolute Gasteiger partial charge is 0.122 e. The summed E-state index contributed by atoms with van der Waals surface area (Å²) in [5.74, 6) is 1.71. The molecule has 1 fully saturated rings. The van der Waals surface area contributed by atoms with Crippen LogP contribution in [-0.2, 0) is 0 Å². The van der Waals surface area contributed by atoms with Gasteiger partial charge < -0.3 is 10.1 Å². The summed E-state index contributed by atoms with van der Waals surface area (Å²) in [5.41, 5.74) is 1.39. The van der Waals surface area contributed by atoms with Gasteiger partial charge in [-0.2, -0.15) is 0 Å². The van der Waals surface area contributed by atoms with Crippen molar-refractivity contribution in [2.75, 3.05) is 13.7 Å². The van der Waals surface area contributed by atoms with Gasteiger partial charge in [-0.1, -0.05) is 31.5 Å². The Bertz CT molecular complexity index is 364. The number of rotatable bonds is 5. The molecule has 0 bridgehead atoms. The molecule has 0 saturated heterocycles. The Labute approximate surface area is 111 Å². The third-order valence-electron chi connectivity index (χ3n) is 3.94. The predicted molar refractivity (Wildman–Crippen MR) is 76.3 cm³/mol. The highest BCUT2D eigenvalue weighted by molar-refractivity contribution is 5.36. The SMILES string of the molecule is CCCNC1CCCC(c2ccccc2OC)C1. The van der Waals surface area contributed by atoms with E-state index < -0.39 is 0 Å². The van der Waals surface area contributed by atoms with E-state index in [-0.39, 0.29) is 0 Å². The van der Waals surface area contributed by atoms with Crippen molar-refractivity contribution in [3.05, 3.63) is 29.8 Å². The summed E-state index contributed by atoms with van der Waals surface area (Å²) in [7, 11) is 1.77. The Balaban J connectivity index is 2.03. The number of nitrogens with one attached hydrogen (secondary N) is 1. The molecule has 2 heteroatoms. The van der Waals surface area contributed by atoms with E-state index in [4.69, 9.17) is 4.74 Å². The lowest BCUT2D eigenvalue weighted by Gasteiger charge is -2.31. The van der Waals surface area contributed by atoms with Crippen molar-refractivity contribution in [1.82, 2.24) is 5.32 Å². The van der Waals surface area contributed by atoms with E-state index in [1.165, 1.54) is 37.7 Å². The van der Waals surface area contributed by atoms with Crippen molar-refractivity contribution in [1.29, 1.82) is 0 Å². The fourth-order valence-electron chi connectivity index (χ4n) is 3.01. The number of ether oxygens (including phenoxy) is 1. The van der Waals surface area contributed by atoms with Crippen LogP contribution in [-0.4, -0.2) is 19.7 Å². The first-order chi connectivity index (χ1) is 8.85. The van der Waals surface area contributed by atoms with Crippen LogP contribution in [0.4, 0.5) is 0 Å². The minimum absolute atomic E-state index is 0.657. The van der Waals surface area contributed by atoms with Gasteiger partial charge in [0.15, 0.2) is 0 Å². The number of hydrogen-bond acceptors (Lipinski definition) is 2. The summed E-state index contributed by atoms with van der Waals surface area (Å²) in [6.45, 7) is 3.37. The fraction of sp³-hybridized carbons (Fsp3) is 0.625. The van der Waals surface area contributed by atoms with Crippen molar-refractivity contribution in [2.45, 2.75) is 51.0 Å². The molecular weight excluding hydrogens is 222 g/mol. The van der Waals surface area contributed by atoms with Crippen LogP contribution < -0.4 is 10.1 Å². The second kappa shape index (κ2) is 6.79. The van der Waals surface area contributed by atoms with Crippen LogP contribution in [0.25, 0.3) is 0 Å². The van der Waals surface area contributed by atoms with Crippen LogP contribution in [0.3, 0.4) is 0 Å². The van der Waals surface area contributed by atoms with Crippen LogP contribution in [0.2, 0.25) is 0 Å². The van der Waals surface area contributed by atoms with Gasteiger partial charge >= 0.3 is 0 Å².